The monoisotopic (exact) mass is 191 g/mol. The fourth-order valence-electron chi connectivity index (χ4n) is 1.05. The molecule has 0 amide bonds. The molecule has 0 atom stereocenters. The van der Waals surface area contributed by atoms with Crippen LogP contribution in [0.25, 0.3) is 0 Å². The Morgan fingerprint density at radius 2 is 2.36 bits per heavy atom. The Kier molecular flexibility index (Phi) is 1.94. The lowest BCUT2D eigenvalue weighted by Gasteiger charge is -1.94. The van der Waals surface area contributed by atoms with E-state index in [-0.39, 0.29) is 11.4 Å². The third kappa shape index (κ3) is 1.22. The summed E-state index contributed by atoms with van der Waals surface area (Å²) in [5.41, 5.74) is 0.537. The molecule has 0 aliphatic carbocycles. The zero-order chi connectivity index (χ0) is 9.97. The van der Waals surface area contributed by atoms with Crippen LogP contribution in [0.1, 0.15) is 5.56 Å². The van der Waals surface area contributed by atoms with Crippen LogP contribution in [0.15, 0.2) is 34.8 Å². The number of rotatable bonds is 1. The van der Waals surface area contributed by atoms with E-state index in [4.69, 9.17) is 5.21 Å². The molecular weight excluding hydrogens is 186 g/mol. The summed E-state index contributed by atoms with van der Waals surface area (Å²) in [4.78, 5) is 19.1. The van der Waals surface area contributed by atoms with Crippen molar-refractivity contribution >= 4 is 17.4 Å². The highest BCUT2D eigenvalue weighted by molar-refractivity contribution is 6.70. The second kappa shape index (κ2) is 3.25. The third-order valence-corrected chi connectivity index (χ3v) is 1.67. The normalized spacial score (nSPS) is 18.1. The number of pyridine rings is 1. The predicted octanol–water partition coefficient (Wildman–Crippen LogP) is 0.173. The molecule has 70 valence electrons. The molecule has 0 fully saturated rings. The Morgan fingerprint density at radius 1 is 1.50 bits per heavy atom. The van der Waals surface area contributed by atoms with E-state index in [1.165, 1.54) is 6.20 Å². The van der Waals surface area contributed by atoms with Gasteiger partial charge in [0.1, 0.15) is 5.71 Å². The fraction of sp³-hybridized carbons (Fsp3) is 0. The molecule has 0 saturated carbocycles. The maximum atomic E-state index is 10.9. The van der Waals surface area contributed by atoms with Crippen molar-refractivity contribution in [2.24, 2.45) is 10.3 Å². The van der Waals surface area contributed by atoms with Crippen molar-refractivity contribution in [3.63, 3.8) is 0 Å². The van der Waals surface area contributed by atoms with Crippen molar-refractivity contribution in [2.45, 2.75) is 0 Å². The van der Waals surface area contributed by atoms with Crippen LogP contribution >= 0.6 is 0 Å². The molecule has 0 radical (unpaired) electrons. The third-order valence-electron chi connectivity index (χ3n) is 1.67. The number of hydrogen-bond acceptors (Lipinski definition) is 6. The van der Waals surface area contributed by atoms with Gasteiger partial charge in [0.25, 0.3) is 0 Å². The molecule has 0 saturated heterocycles. The minimum Gasteiger partial charge on any atom is -0.410 e. The number of carbonyl (C=O) groups excluding carboxylic acids is 1. The maximum Gasteiger partial charge on any atom is 0.389 e. The first-order chi connectivity index (χ1) is 6.83. The van der Waals surface area contributed by atoms with Gasteiger partial charge < -0.3 is 10.0 Å². The SMILES string of the molecule is O=C1ON=C(c2cccnc2)C1=NO. The van der Waals surface area contributed by atoms with Crippen molar-refractivity contribution in [2.75, 3.05) is 0 Å². The van der Waals surface area contributed by atoms with Gasteiger partial charge in [0.05, 0.1) is 0 Å². The molecule has 1 aromatic heterocycles. The molecule has 2 rings (SSSR count). The molecule has 0 spiro atoms. The van der Waals surface area contributed by atoms with Gasteiger partial charge in [-0.3, -0.25) is 4.98 Å². The van der Waals surface area contributed by atoms with Gasteiger partial charge in [-0.2, -0.15) is 0 Å². The summed E-state index contributed by atoms with van der Waals surface area (Å²) in [6, 6.07) is 3.36. The molecule has 0 unspecified atom stereocenters. The summed E-state index contributed by atoms with van der Waals surface area (Å²) >= 11 is 0. The van der Waals surface area contributed by atoms with Gasteiger partial charge in [0.15, 0.2) is 0 Å². The van der Waals surface area contributed by atoms with E-state index in [0.717, 1.165) is 0 Å². The molecule has 6 heteroatoms. The summed E-state index contributed by atoms with van der Waals surface area (Å²) < 4.78 is 0. The zero-order valence-corrected chi connectivity index (χ0v) is 6.91. The first-order valence-corrected chi connectivity index (χ1v) is 3.75. The molecular formula is C8H5N3O3. The molecule has 0 bridgehead atoms. The van der Waals surface area contributed by atoms with Crippen LogP contribution < -0.4 is 0 Å². The molecule has 1 aliphatic heterocycles. The molecule has 6 nitrogen and oxygen atoms in total. The van der Waals surface area contributed by atoms with Crippen LogP contribution in [0.4, 0.5) is 0 Å². The first kappa shape index (κ1) is 8.36. The molecule has 2 heterocycles. The average Bonchev–Trinajstić information content (AvgIpc) is 2.61. The molecule has 1 N–H and O–H groups in total. The lowest BCUT2D eigenvalue weighted by molar-refractivity contribution is -0.134. The van der Waals surface area contributed by atoms with E-state index in [1.54, 1.807) is 18.3 Å². The molecule has 0 aromatic carbocycles. The van der Waals surface area contributed by atoms with Gasteiger partial charge >= 0.3 is 5.97 Å². The second-order valence-corrected chi connectivity index (χ2v) is 2.51. The highest BCUT2D eigenvalue weighted by Crippen LogP contribution is 2.08. The largest absolute Gasteiger partial charge is 0.410 e. The van der Waals surface area contributed by atoms with Gasteiger partial charge in [-0.1, -0.05) is 10.3 Å². The van der Waals surface area contributed by atoms with E-state index in [2.05, 4.69) is 20.1 Å². The van der Waals surface area contributed by atoms with Crippen molar-refractivity contribution in [1.82, 2.24) is 4.98 Å². The van der Waals surface area contributed by atoms with Crippen LogP contribution in [0, 0.1) is 0 Å². The Balaban J connectivity index is 2.42. The summed E-state index contributed by atoms with van der Waals surface area (Å²) in [5, 5.41) is 14.8. The van der Waals surface area contributed by atoms with Crippen molar-refractivity contribution in [1.29, 1.82) is 0 Å². The summed E-state index contributed by atoms with van der Waals surface area (Å²) in [5.74, 6) is -0.772. The summed E-state index contributed by atoms with van der Waals surface area (Å²) in [6.07, 6.45) is 3.07. The number of hydrogen-bond donors (Lipinski definition) is 1. The van der Waals surface area contributed by atoms with Gasteiger partial charge in [0, 0.05) is 18.0 Å². The highest BCUT2D eigenvalue weighted by atomic mass is 16.7. The number of oxime groups is 2. The second-order valence-electron chi connectivity index (χ2n) is 2.51. The lowest BCUT2D eigenvalue weighted by atomic mass is 10.1. The number of nitrogens with zero attached hydrogens (tertiary/aromatic N) is 3. The topological polar surface area (TPSA) is 84.1 Å². The van der Waals surface area contributed by atoms with Gasteiger partial charge in [-0.25, -0.2) is 4.79 Å². The van der Waals surface area contributed by atoms with E-state index >= 15 is 0 Å². The smallest absolute Gasteiger partial charge is 0.389 e. The Morgan fingerprint density at radius 3 is 3.00 bits per heavy atom. The number of carbonyl (C=O) groups is 1. The minimum atomic E-state index is -0.772. The molecule has 1 aromatic rings. The van der Waals surface area contributed by atoms with Crippen molar-refractivity contribution in [3.8, 4) is 0 Å². The minimum absolute atomic E-state index is 0.186. The quantitative estimate of drug-likeness (QED) is 0.389. The van der Waals surface area contributed by atoms with E-state index < -0.39 is 5.97 Å². The first-order valence-electron chi connectivity index (χ1n) is 3.75. The fourth-order valence-corrected chi connectivity index (χ4v) is 1.05. The molecule has 1 aliphatic rings. The Hall–Kier alpha value is -2.24. The van der Waals surface area contributed by atoms with Crippen LogP contribution in [-0.2, 0) is 9.63 Å². The van der Waals surface area contributed by atoms with Gasteiger partial charge in [0.2, 0.25) is 5.71 Å². The van der Waals surface area contributed by atoms with Crippen LogP contribution in [0.2, 0.25) is 0 Å². The Bertz CT molecular complexity index is 425. The van der Waals surface area contributed by atoms with E-state index in [1.807, 2.05) is 0 Å². The van der Waals surface area contributed by atoms with Crippen LogP contribution in [-0.4, -0.2) is 27.6 Å². The maximum absolute atomic E-state index is 10.9. The predicted molar refractivity (Wildman–Crippen MR) is 46.1 cm³/mol. The lowest BCUT2D eigenvalue weighted by Crippen LogP contribution is -2.18. The van der Waals surface area contributed by atoms with E-state index in [9.17, 15) is 4.79 Å². The molecule has 14 heavy (non-hydrogen) atoms. The Labute approximate surface area is 78.5 Å². The van der Waals surface area contributed by atoms with Crippen molar-refractivity contribution in [3.05, 3.63) is 30.1 Å². The van der Waals surface area contributed by atoms with E-state index in [0.29, 0.717) is 5.56 Å². The van der Waals surface area contributed by atoms with Crippen molar-refractivity contribution < 1.29 is 14.8 Å². The summed E-state index contributed by atoms with van der Waals surface area (Å²) in [7, 11) is 0. The number of aromatic nitrogens is 1. The standard InChI is InChI=1S/C8H5N3O3/c12-8-7(10-13)6(11-14-8)5-2-1-3-9-4-5/h1-4,13H. The zero-order valence-electron chi connectivity index (χ0n) is 6.91. The highest BCUT2D eigenvalue weighted by Gasteiger charge is 2.29. The average molecular weight is 191 g/mol. The van der Waals surface area contributed by atoms with Crippen LogP contribution in [0.3, 0.4) is 0 Å². The van der Waals surface area contributed by atoms with Crippen LogP contribution in [0.5, 0.6) is 0 Å². The summed E-state index contributed by atoms with van der Waals surface area (Å²) in [6.45, 7) is 0. The van der Waals surface area contributed by atoms with Gasteiger partial charge in [-0.05, 0) is 12.1 Å². The van der Waals surface area contributed by atoms with Gasteiger partial charge in [-0.15, -0.1) is 0 Å².